The summed E-state index contributed by atoms with van der Waals surface area (Å²) in [5.74, 6) is -2.02. The van der Waals surface area contributed by atoms with Gasteiger partial charge in [0.2, 0.25) is 0 Å². The highest BCUT2D eigenvalue weighted by atomic mass is 32.1. The molecule has 1 N–H and O–H groups in total. The summed E-state index contributed by atoms with van der Waals surface area (Å²) in [6, 6.07) is 8.79. The third-order valence-electron chi connectivity index (χ3n) is 5.64. The molecule has 1 aromatic carbocycles. The van der Waals surface area contributed by atoms with Gasteiger partial charge in [-0.25, -0.2) is 9.78 Å². The molecule has 37 heavy (non-hydrogen) atoms. The number of esters is 1. The molecule has 0 saturated carbocycles. The number of unbranched alkanes of at least 4 members (excludes halogenated alkanes) is 1. The van der Waals surface area contributed by atoms with Crippen LogP contribution in [0, 0.1) is 6.92 Å². The molecule has 0 bridgehead atoms. The van der Waals surface area contributed by atoms with Gasteiger partial charge in [-0.1, -0.05) is 49.5 Å². The number of ether oxygens (including phenoxy) is 2. The lowest BCUT2D eigenvalue weighted by atomic mass is 9.99. The van der Waals surface area contributed by atoms with Crippen LogP contribution in [-0.4, -0.2) is 41.0 Å². The van der Waals surface area contributed by atoms with Gasteiger partial charge in [0.05, 0.1) is 24.1 Å². The number of aliphatic hydroxyl groups is 1. The molecule has 9 nitrogen and oxygen atoms in total. The zero-order valence-corrected chi connectivity index (χ0v) is 21.2. The molecule has 2 aromatic heterocycles. The summed E-state index contributed by atoms with van der Waals surface area (Å²) in [7, 11) is 0. The van der Waals surface area contributed by atoms with E-state index in [1.54, 1.807) is 43.3 Å². The van der Waals surface area contributed by atoms with Crippen LogP contribution in [0.4, 0.5) is 5.13 Å². The molecule has 1 fully saturated rings. The minimum absolute atomic E-state index is 0.0175. The first kappa shape index (κ1) is 25.9. The minimum Gasteiger partial charge on any atom is -0.507 e. The summed E-state index contributed by atoms with van der Waals surface area (Å²) in [5, 5.41) is 11.4. The summed E-state index contributed by atoms with van der Waals surface area (Å²) >= 11 is 0.912. The Hall–Kier alpha value is -4.18. The predicted octanol–water partition coefficient (Wildman–Crippen LogP) is 5.19. The molecule has 4 rings (SSSR count). The number of carbonyl (C=O) groups is 3. The van der Waals surface area contributed by atoms with Gasteiger partial charge in [-0.2, -0.15) is 0 Å². The Labute approximate surface area is 217 Å². The lowest BCUT2D eigenvalue weighted by Gasteiger charge is -2.20. The zero-order valence-electron chi connectivity index (χ0n) is 20.4. The number of hydrogen-bond acceptors (Lipinski definition) is 9. The van der Waals surface area contributed by atoms with Gasteiger partial charge >= 0.3 is 11.9 Å². The molecule has 192 valence electrons. The topological polar surface area (TPSA) is 119 Å². The molecular formula is C27H26N2O7S. The van der Waals surface area contributed by atoms with E-state index < -0.39 is 23.7 Å². The maximum absolute atomic E-state index is 13.3. The second kappa shape index (κ2) is 11.3. The fourth-order valence-corrected chi connectivity index (χ4v) is 4.83. The van der Waals surface area contributed by atoms with Gasteiger partial charge in [-0.15, -0.1) is 0 Å². The maximum Gasteiger partial charge on any atom is 0.350 e. The van der Waals surface area contributed by atoms with Crippen LogP contribution < -0.4 is 9.64 Å². The van der Waals surface area contributed by atoms with E-state index >= 15 is 0 Å². The molecule has 1 amide bonds. The van der Waals surface area contributed by atoms with Gasteiger partial charge in [0.1, 0.15) is 34.8 Å². The Morgan fingerprint density at radius 1 is 1.30 bits per heavy atom. The molecule has 3 aromatic rings. The average Bonchev–Trinajstić information content (AvgIpc) is 3.61. The number of furan rings is 1. The third kappa shape index (κ3) is 5.19. The van der Waals surface area contributed by atoms with E-state index in [1.165, 1.54) is 12.3 Å². The van der Waals surface area contributed by atoms with Crippen molar-refractivity contribution in [1.29, 1.82) is 0 Å². The van der Waals surface area contributed by atoms with E-state index in [9.17, 15) is 19.5 Å². The van der Waals surface area contributed by atoms with Crippen LogP contribution in [-0.2, 0) is 14.3 Å². The zero-order chi connectivity index (χ0) is 26.5. The van der Waals surface area contributed by atoms with Gasteiger partial charge in [-0.05, 0) is 37.6 Å². The van der Waals surface area contributed by atoms with Crippen LogP contribution in [0.2, 0.25) is 0 Å². The van der Waals surface area contributed by atoms with Crippen LogP contribution in [0.1, 0.15) is 52.5 Å². The van der Waals surface area contributed by atoms with Crippen molar-refractivity contribution in [2.75, 3.05) is 18.1 Å². The van der Waals surface area contributed by atoms with Gasteiger partial charge in [0, 0.05) is 5.56 Å². The molecule has 1 unspecified atom stereocenters. The Balaban J connectivity index is 1.78. The van der Waals surface area contributed by atoms with Crippen LogP contribution in [0.15, 0.2) is 65.3 Å². The van der Waals surface area contributed by atoms with Crippen molar-refractivity contribution in [1.82, 2.24) is 4.98 Å². The number of nitrogens with zero attached hydrogens (tertiary/aromatic N) is 2. The standard InChI is InChI=1S/C27H26N2O7S/c1-4-6-13-34-18-10-7-9-17(15-18)22(30)20-21(19-11-8-14-35-19)29(25(32)23(20)31)27-28-16(3)24(37-27)26(33)36-12-5-2/h5,7-11,14-15,21,30H,2,4,6,12-13H2,1,3H3/b22-20+. The van der Waals surface area contributed by atoms with Crippen LogP contribution in [0.25, 0.3) is 5.76 Å². The predicted molar refractivity (Wildman–Crippen MR) is 138 cm³/mol. The largest absolute Gasteiger partial charge is 0.507 e. The number of hydrogen-bond donors (Lipinski definition) is 1. The van der Waals surface area contributed by atoms with E-state index in [2.05, 4.69) is 18.5 Å². The first-order chi connectivity index (χ1) is 17.9. The smallest absolute Gasteiger partial charge is 0.350 e. The van der Waals surface area contributed by atoms with Crippen molar-refractivity contribution in [3.8, 4) is 5.75 Å². The number of thiazole rings is 1. The number of aliphatic hydroxyl groups excluding tert-OH is 1. The van der Waals surface area contributed by atoms with Crippen LogP contribution in [0.3, 0.4) is 0 Å². The molecule has 0 aliphatic carbocycles. The number of amides is 1. The minimum atomic E-state index is -1.10. The van der Waals surface area contributed by atoms with Gasteiger partial charge in [0.15, 0.2) is 5.13 Å². The first-order valence-corrected chi connectivity index (χ1v) is 12.5. The molecule has 0 spiro atoms. The molecule has 1 aliphatic heterocycles. The Morgan fingerprint density at radius 2 is 2.11 bits per heavy atom. The number of aryl methyl sites for hydroxylation is 1. The van der Waals surface area contributed by atoms with E-state index in [-0.39, 0.29) is 33.7 Å². The Morgan fingerprint density at radius 3 is 2.81 bits per heavy atom. The quantitative estimate of drug-likeness (QED) is 0.0965. The third-order valence-corrected chi connectivity index (χ3v) is 6.78. The maximum atomic E-state index is 13.3. The fraction of sp³-hybridized carbons (Fsp3) is 0.259. The van der Waals surface area contributed by atoms with Gasteiger partial charge in [0.25, 0.3) is 5.78 Å². The molecule has 0 radical (unpaired) electrons. The highest BCUT2D eigenvalue weighted by Gasteiger charge is 2.49. The summed E-state index contributed by atoms with van der Waals surface area (Å²) in [4.78, 5) is 44.7. The van der Waals surface area contributed by atoms with Crippen molar-refractivity contribution >= 4 is 39.9 Å². The molecule has 1 atom stereocenters. The lowest BCUT2D eigenvalue weighted by molar-refractivity contribution is -0.132. The number of anilines is 1. The number of rotatable bonds is 10. The van der Waals surface area contributed by atoms with Crippen LogP contribution in [0.5, 0.6) is 5.75 Å². The SMILES string of the molecule is C=CCOC(=O)c1sc(N2C(=O)C(=O)/C(=C(/O)c3cccc(OCCCC)c3)C2c2ccco2)nc1C. The summed E-state index contributed by atoms with van der Waals surface area (Å²) in [5.41, 5.74) is 0.493. The van der Waals surface area contributed by atoms with E-state index in [1.807, 2.05) is 0 Å². The average molecular weight is 523 g/mol. The van der Waals surface area contributed by atoms with Crippen LogP contribution >= 0.6 is 11.3 Å². The number of carbonyl (C=O) groups excluding carboxylic acids is 3. The molecule has 1 saturated heterocycles. The van der Waals surface area contributed by atoms with Crippen molar-refractivity contribution in [3.63, 3.8) is 0 Å². The molecule has 10 heteroatoms. The highest BCUT2D eigenvalue weighted by molar-refractivity contribution is 7.17. The lowest BCUT2D eigenvalue weighted by Crippen LogP contribution is -2.29. The van der Waals surface area contributed by atoms with E-state index in [4.69, 9.17) is 13.9 Å². The number of ketones is 1. The normalized spacial score (nSPS) is 16.7. The second-order valence-corrected chi connectivity index (χ2v) is 9.19. The van der Waals surface area contributed by atoms with Gasteiger partial charge < -0.3 is 19.0 Å². The van der Waals surface area contributed by atoms with Crippen molar-refractivity contribution in [2.24, 2.45) is 0 Å². The molecular weight excluding hydrogens is 496 g/mol. The number of Topliss-reactive ketones (excluding diaryl/α,β-unsaturated/α-hetero) is 1. The van der Waals surface area contributed by atoms with Crippen molar-refractivity contribution < 1.29 is 33.4 Å². The first-order valence-electron chi connectivity index (χ1n) is 11.7. The fourth-order valence-electron chi connectivity index (χ4n) is 3.84. The van der Waals surface area contributed by atoms with E-state index in [0.29, 0.717) is 23.6 Å². The van der Waals surface area contributed by atoms with Crippen molar-refractivity contribution in [2.45, 2.75) is 32.7 Å². The Bertz CT molecular complexity index is 1360. The summed E-state index contributed by atoms with van der Waals surface area (Å²) < 4.78 is 16.4. The van der Waals surface area contributed by atoms with Gasteiger partial charge in [-0.3, -0.25) is 14.5 Å². The summed E-state index contributed by atoms with van der Waals surface area (Å²) in [6.07, 6.45) is 4.68. The molecule has 3 heterocycles. The number of aromatic nitrogens is 1. The second-order valence-electron chi connectivity index (χ2n) is 8.21. The van der Waals surface area contributed by atoms with Crippen molar-refractivity contribution in [3.05, 3.63) is 82.8 Å². The highest BCUT2D eigenvalue weighted by Crippen LogP contribution is 2.44. The molecule has 1 aliphatic rings. The Kier molecular flexibility index (Phi) is 7.88. The monoisotopic (exact) mass is 522 g/mol. The summed E-state index contributed by atoms with van der Waals surface area (Å²) in [6.45, 7) is 7.71. The van der Waals surface area contributed by atoms with E-state index in [0.717, 1.165) is 29.1 Å². The number of benzene rings is 1.